The summed E-state index contributed by atoms with van der Waals surface area (Å²) in [5.41, 5.74) is 4.43. The van der Waals surface area contributed by atoms with E-state index in [0.29, 0.717) is 17.9 Å². The van der Waals surface area contributed by atoms with Crippen molar-refractivity contribution < 1.29 is 13.2 Å². The minimum atomic E-state index is -3.79. The SMILES string of the molecule is Cn1cc(/C=N\NC(=O)[C@@H]2CCCN2S(=O)(=O)c2ccc(Cl)cc2)c2ccccc21. The number of aryl methyl sites for hydroxylation is 1. The molecule has 0 unspecified atom stereocenters. The monoisotopic (exact) mass is 444 g/mol. The van der Waals surface area contributed by atoms with E-state index in [4.69, 9.17) is 11.6 Å². The van der Waals surface area contributed by atoms with Crippen LogP contribution in [0.1, 0.15) is 18.4 Å². The Morgan fingerprint density at radius 2 is 1.93 bits per heavy atom. The smallest absolute Gasteiger partial charge is 0.258 e. The molecular weight excluding hydrogens is 424 g/mol. The predicted octanol–water partition coefficient (Wildman–Crippen LogP) is 3.14. The molecular formula is C21H21ClN4O3S. The van der Waals surface area contributed by atoms with E-state index in [1.54, 1.807) is 6.21 Å². The van der Waals surface area contributed by atoms with Gasteiger partial charge in [0.25, 0.3) is 5.91 Å². The largest absolute Gasteiger partial charge is 0.350 e. The van der Waals surface area contributed by atoms with Gasteiger partial charge in [-0.15, -0.1) is 0 Å². The molecule has 0 aliphatic carbocycles. The highest BCUT2D eigenvalue weighted by Crippen LogP contribution is 2.27. The van der Waals surface area contributed by atoms with Crippen LogP contribution in [0.2, 0.25) is 5.02 Å². The maximum atomic E-state index is 13.0. The first-order valence-electron chi connectivity index (χ1n) is 9.52. The lowest BCUT2D eigenvalue weighted by Crippen LogP contribution is -2.44. The van der Waals surface area contributed by atoms with Crippen LogP contribution in [0.5, 0.6) is 0 Å². The van der Waals surface area contributed by atoms with Crippen molar-refractivity contribution >= 4 is 44.6 Å². The van der Waals surface area contributed by atoms with E-state index >= 15 is 0 Å². The maximum Gasteiger partial charge on any atom is 0.258 e. The van der Waals surface area contributed by atoms with Crippen LogP contribution in [-0.4, -0.2) is 42.0 Å². The highest BCUT2D eigenvalue weighted by molar-refractivity contribution is 7.89. The molecule has 2 aromatic carbocycles. The van der Waals surface area contributed by atoms with Crippen molar-refractivity contribution in [1.29, 1.82) is 0 Å². The fraction of sp³-hybridized carbons (Fsp3) is 0.238. The van der Waals surface area contributed by atoms with Gasteiger partial charge in [-0.1, -0.05) is 29.8 Å². The molecule has 0 spiro atoms. The number of sulfonamides is 1. The fourth-order valence-electron chi connectivity index (χ4n) is 3.75. The Balaban J connectivity index is 1.50. The lowest BCUT2D eigenvalue weighted by molar-refractivity contribution is -0.124. The van der Waals surface area contributed by atoms with Crippen molar-refractivity contribution in [2.75, 3.05) is 6.54 Å². The number of fused-ring (bicyclic) bond motifs is 1. The molecule has 156 valence electrons. The molecule has 1 saturated heterocycles. The molecule has 1 amide bonds. The second-order valence-electron chi connectivity index (χ2n) is 7.17. The lowest BCUT2D eigenvalue weighted by atomic mass is 10.2. The minimum Gasteiger partial charge on any atom is -0.350 e. The molecule has 9 heteroatoms. The fourth-order valence-corrected chi connectivity index (χ4v) is 5.53. The van der Waals surface area contributed by atoms with Gasteiger partial charge in [0.2, 0.25) is 10.0 Å². The van der Waals surface area contributed by atoms with E-state index in [9.17, 15) is 13.2 Å². The van der Waals surface area contributed by atoms with Crippen molar-refractivity contribution in [3.8, 4) is 0 Å². The van der Waals surface area contributed by atoms with Gasteiger partial charge in [-0.2, -0.15) is 9.41 Å². The molecule has 1 atom stereocenters. The number of aromatic nitrogens is 1. The summed E-state index contributed by atoms with van der Waals surface area (Å²) in [7, 11) is -1.85. The van der Waals surface area contributed by atoms with Gasteiger partial charge < -0.3 is 4.57 Å². The molecule has 2 heterocycles. The summed E-state index contributed by atoms with van der Waals surface area (Å²) < 4.78 is 29.2. The zero-order valence-electron chi connectivity index (χ0n) is 16.3. The number of halogens is 1. The second kappa shape index (κ2) is 8.22. The standard InChI is InChI=1S/C21H21ClN4O3S/c1-25-14-15(18-5-2-3-6-19(18)25)13-23-24-21(27)20-7-4-12-26(20)30(28,29)17-10-8-16(22)9-11-17/h2-3,5-6,8-11,13-14,20H,4,7,12H2,1H3,(H,24,27)/b23-13-/t20-/m0/s1. The molecule has 1 aliphatic heterocycles. The lowest BCUT2D eigenvalue weighted by Gasteiger charge is -2.22. The number of para-hydroxylation sites is 1. The van der Waals surface area contributed by atoms with Crippen molar-refractivity contribution in [3.63, 3.8) is 0 Å². The molecule has 0 radical (unpaired) electrons. The first kappa shape index (κ1) is 20.6. The molecule has 3 aromatic rings. The van der Waals surface area contributed by atoms with Gasteiger partial charge >= 0.3 is 0 Å². The van der Waals surface area contributed by atoms with Gasteiger partial charge in [0, 0.05) is 41.3 Å². The summed E-state index contributed by atoms with van der Waals surface area (Å²) in [5.74, 6) is -0.443. The van der Waals surface area contributed by atoms with Gasteiger partial charge in [-0.3, -0.25) is 4.79 Å². The van der Waals surface area contributed by atoms with Crippen LogP contribution in [0.25, 0.3) is 10.9 Å². The molecule has 1 aromatic heterocycles. The van der Waals surface area contributed by atoms with Gasteiger partial charge in [0.05, 0.1) is 11.1 Å². The quantitative estimate of drug-likeness (QED) is 0.484. The van der Waals surface area contributed by atoms with E-state index < -0.39 is 22.0 Å². The van der Waals surface area contributed by atoms with Crippen molar-refractivity contribution in [2.24, 2.45) is 12.1 Å². The summed E-state index contributed by atoms with van der Waals surface area (Å²) in [5, 5.41) is 5.54. The number of carbonyl (C=O) groups excluding carboxylic acids is 1. The molecule has 4 rings (SSSR count). The third-order valence-electron chi connectivity index (χ3n) is 5.23. The summed E-state index contributed by atoms with van der Waals surface area (Å²) in [4.78, 5) is 12.8. The van der Waals surface area contributed by atoms with Crippen LogP contribution in [0, 0.1) is 0 Å². The van der Waals surface area contributed by atoms with Crippen LogP contribution in [0.15, 0.2) is 64.7 Å². The highest BCUT2D eigenvalue weighted by atomic mass is 35.5. The van der Waals surface area contributed by atoms with Crippen LogP contribution in [0.4, 0.5) is 0 Å². The minimum absolute atomic E-state index is 0.117. The number of amides is 1. The molecule has 0 bridgehead atoms. The molecule has 1 aliphatic rings. The van der Waals surface area contributed by atoms with Crippen LogP contribution < -0.4 is 5.43 Å². The number of rotatable bonds is 5. The first-order valence-corrected chi connectivity index (χ1v) is 11.3. The van der Waals surface area contributed by atoms with E-state index in [-0.39, 0.29) is 11.4 Å². The number of hydrogen-bond donors (Lipinski definition) is 1. The van der Waals surface area contributed by atoms with Gasteiger partial charge in [-0.25, -0.2) is 13.8 Å². The Morgan fingerprint density at radius 1 is 1.20 bits per heavy atom. The molecule has 1 N–H and O–H groups in total. The van der Waals surface area contributed by atoms with Gasteiger partial charge in [-0.05, 0) is 43.2 Å². The Bertz CT molecular complexity index is 1220. The van der Waals surface area contributed by atoms with Crippen molar-refractivity contribution in [1.82, 2.24) is 14.3 Å². The number of hydrogen-bond acceptors (Lipinski definition) is 4. The van der Waals surface area contributed by atoms with Crippen molar-refractivity contribution in [3.05, 3.63) is 65.3 Å². The third kappa shape index (κ3) is 3.86. The topological polar surface area (TPSA) is 83.8 Å². The van der Waals surface area contributed by atoms with Gasteiger partial charge in [0.1, 0.15) is 6.04 Å². The van der Waals surface area contributed by atoms with Crippen LogP contribution >= 0.6 is 11.6 Å². The highest BCUT2D eigenvalue weighted by Gasteiger charge is 2.39. The predicted molar refractivity (Wildman–Crippen MR) is 117 cm³/mol. The normalized spacial score (nSPS) is 17.7. The number of carbonyl (C=O) groups is 1. The van der Waals surface area contributed by atoms with Crippen LogP contribution in [0.3, 0.4) is 0 Å². The Labute approximate surface area is 180 Å². The second-order valence-corrected chi connectivity index (χ2v) is 9.50. The Hall–Kier alpha value is -2.68. The molecule has 0 saturated carbocycles. The molecule has 1 fully saturated rings. The van der Waals surface area contributed by atoms with Gasteiger partial charge in [0.15, 0.2) is 0 Å². The average Bonchev–Trinajstić information content (AvgIpc) is 3.35. The average molecular weight is 445 g/mol. The molecule has 7 nitrogen and oxygen atoms in total. The summed E-state index contributed by atoms with van der Waals surface area (Å²) in [6.07, 6.45) is 4.56. The van der Waals surface area contributed by atoms with Crippen molar-refractivity contribution in [2.45, 2.75) is 23.8 Å². The summed E-state index contributed by atoms with van der Waals surface area (Å²) >= 11 is 5.86. The zero-order valence-corrected chi connectivity index (χ0v) is 17.9. The Kier molecular flexibility index (Phi) is 5.64. The summed E-state index contributed by atoms with van der Waals surface area (Å²) in [6.45, 7) is 0.288. The number of benzene rings is 2. The number of hydrazone groups is 1. The zero-order chi connectivity index (χ0) is 21.3. The number of nitrogens with zero attached hydrogens (tertiary/aromatic N) is 3. The Morgan fingerprint density at radius 3 is 2.70 bits per heavy atom. The van der Waals surface area contributed by atoms with E-state index in [0.717, 1.165) is 16.5 Å². The number of nitrogens with one attached hydrogen (secondary N) is 1. The third-order valence-corrected chi connectivity index (χ3v) is 7.41. The molecule has 30 heavy (non-hydrogen) atoms. The first-order chi connectivity index (χ1) is 14.4. The van der Waals surface area contributed by atoms with E-state index in [1.807, 2.05) is 42.1 Å². The van der Waals surface area contributed by atoms with Crippen LogP contribution in [-0.2, 0) is 21.9 Å². The summed E-state index contributed by atoms with van der Waals surface area (Å²) in [6, 6.07) is 13.0. The maximum absolute atomic E-state index is 13.0. The van der Waals surface area contributed by atoms with E-state index in [2.05, 4.69) is 10.5 Å². The van der Waals surface area contributed by atoms with E-state index in [1.165, 1.54) is 28.6 Å².